The topological polar surface area (TPSA) is 165 Å². The van der Waals surface area contributed by atoms with E-state index in [9.17, 15) is 25.2 Å². The third-order valence-corrected chi connectivity index (χ3v) is 7.27. The standard InChI is InChI=1S/C27H32N6O4S/c1-5-18-19(13-28)23(33-12-11-27(36,16-33)15-31-25(35)37-26(2,3)4)32-24(20(18)14-29)38-21(22(30)34)17-9-7-6-8-10-17/h6-10,21,36H,5,11-12,15-16H2,1-4H3,(H2,30,34)(H,31,35)/t21?,27-/m0/s1. The molecular formula is C27H32N6O4S. The molecule has 11 heteroatoms. The molecule has 1 saturated heterocycles. The number of nitrogens with two attached hydrogens (primary N) is 1. The minimum Gasteiger partial charge on any atom is -0.444 e. The maximum atomic E-state index is 12.4. The zero-order valence-corrected chi connectivity index (χ0v) is 22.8. The summed E-state index contributed by atoms with van der Waals surface area (Å²) in [6, 6.07) is 13.3. The summed E-state index contributed by atoms with van der Waals surface area (Å²) in [4.78, 5) is 30.9. The van der Waals surface area contributed by atoms with E-state index in [0.29, 0.717) is 36.3 Å². The number of benzene rings is 1. The van der Waals surface area contributed by atoms with Crippen LogP contribution in [0.15, 0.2) is 35.4 Å². The van der Waals surface area contributed by atoms with Gasteiger partial charge in [0.2, 0.25) is 5.91 Å². The lowest BCUT2D eigenvalue weighted by atomic mass is 10.0. The summed E-state index contributed by atoms with van der Waals surface area (Å²) < 4.78 is 5.25. The molecular weight excluding hydrogens is 504 g/mol. The number of nitrogens with zero attached hydrogens (tertiary/aromatic N) is 4. The van der Waals surface area contributed by atoms with E-state index in [1.165, 1.54) is 0 Å². The summed E-state index contributed by atoms with van der Waals surface area (Å²) in [5.74, 6) is -0.269. The minimum atomic E-state index is -1.28. The highest BCUT2D eigenvalue weighted by Crippen LogP contribution is 2.40. The lowest BCUT2D eigenvalue weighted by Gasteiger charge is -2.27. The van der Waals surface area contributed by atoms with Crippen molar-refractivity contribution in [3.05, 3.63) is 52.6 Å². The number of pyridine rings is 1. The summed E-state index contributed by atoms with van der Waals surface area (Å²) in [5, 5.41) is 33.3. The van der Waals surface area contributed by atoms with Gasteiger partial charge in [0.1, 0.15) is 39.4 Å². The van der Waals surface area contributed by atoms with E-state index in [-0.39, 0.29) is 29.2 Å². The first-order valence-corrected chi connectivity index (χ1v) is 13.1. The van der Waals surface area contributed by atoms with Crippen molar-refractivity contribution in [3.63, 3.8) is 0 Å². The number of nitriles is 2. The maximum absolute atomic E-state index is 12.4. The number of primary amides is 1. The van der Waals surface area contributed by atoms with E-state index >= 15 is 0 Å². The molecule has 200 valence electrons. The van der Waals surface area contributed by atoms with Crippen LogP contribution in [0.3, 0.4) is 0 Å². The number of rotatable bonds is 8. The van der Waals surface area contributed by atoms with Crippen LogP contribution in [0.2, 0.25) is 0 Å². The zero-order chi connectivity index (χ0) is 28.1. The van der Waals surface area contributed by atoms with Crippen LogP contribution >= 0.6 is 11.8 Å². The first kappa shape index (κ1) is 28.8. The Labute approximate surface area is 226 Å². The van der Waals surface area contributed by atoms with Crippen LogP contribution in [0.4, 0.5) is 10.6 Å². The minimum absolute atomic E-state index is 0.0451. The Bertz CT molecular complexity index is 1280. The van der Waals surface area contributed by atoms with Gasteiger partial charge in [-0.1, -0.05) is 49.0 Å². The van der Waals surface area contributed by atoms with Gasteiger partial charge in [-0.25, -0.2) is 9.78 Å². The Morgan fingerprint density at radius 1 is 1.26 bits per heavy atom. The molecule has 1 aromatic carbocycles. The molecule has 1 aliphatic heterocycles. The number of nitrogens with one attached hydrogen (secondary N) is 1. The predicted molar refractivity (Wildman–Crippen MR) is 143 cm³/mol. The third kappa shape index (κ3) is 6.74. The summed E-state index contributed by atoms with van der Waals surface area (Å²) in [6.45, 7) is 7.51. The van der Waals surface area contributed by atoms with E-state index in [0.717, 1.165) is 11.8 Å². The molecule has 0 bridgehead atoms. The fraction of sp³-hybridized carbons (Fsp3) is 0.444. The molecule has 2 heterocycles. The van der Waals surface area contributed by atoms with Gasteiger partial charge in [-0.3, -0.25) is 4.79 Å². The molecule has 38 heavy (non-hydrogen) atoms. The maximum Gasteiger partial charge on any atom is 0.407 e. The Morgan fingerprint density at radius 3 is 2.47 bits per heavy atom. The van der Waals surface area contributed by atoms with Crippen LogP contribution in [0.25, 0.3) is 0 Å². The van der Waals surface area contributed by atoms with Crippen molar-refractivity contribution < 1.29 is 19.4 Å². The van der Waals surface area contributed by atoms with Gasteiger partial charge in [0, 0.05) is 13.1 Å². The molecule has 1 aromatic heterocycles. The fourth-order valence-corrected chi connectivity index (χ4v) is 5.32. The largest absolute Gasteiger partial charge is 0.444 e. The Morgan fingerprint density at radius 2 is 1.92 bits per heavy atom. The normalized spacial score (nSPS) is 17.8. The second-order valence-corrected chi connectivity index (χ2v) is 11.2. The number of β-amino-alcohol motifs (C(OH)–C–C–N with tert-alkyl or cyclic N) is 1. The molecule has 2 atom stereocenters. The fourth-order valence-electron chi connectivity index (χ4n) is 4.26. The SMILES string of the molecule is CCc1c(C#N)c(SC(C(N)=O)c2ccccc2)nc(N2CC[C@](O)(CNC(=O)OC(C)(C)C)C2)c1C#N. The lowest BCUT2D eigenvalue weighted by Crippen LogP contribution is -2.46. The van der Waals surface area contributed by atoms with Crippen LogP contribution in [-0.4, -0.2) is 52.9 Å². The summed E-state index contributed by atoms with van der Waals surface area (Å²) in [5.41, 5.74) is 5.42. The monoisotopic (exact) mass is 536 g/mol. The van der Waals surface area contributed by atoms with Crippen molar-refractivity contribution in [2.24, 2.45) is 5.73 Å². The van der Waals surface area contributed by atoms with Crippen molar-refractivity contribution in [1.29, 1.82) is 10.5 Å². The first-order chi connectivity index (χ1) is 17.9. The number of aromatic nitrogens is 1. The summed E-state index contributed by atoms with van der Waals surface area (Å²) in [7, 11) is 0. The van der Waals surface area contributed by atoms with Gasteiger partial charge >= 0.3 is 6.09 Å². The van der Waals surface area contributed by atoms with Crippen LogP contribution in [-0.2, 0) is 16.0 Å². The Hall–Kier alpha value is -3.80. The van der Waals surface area contributed by atoms with Gasteiger partial charge < -0.3 is 25.8 Å². The molecule has 2 amide bonds. The van der Waals surface area contributed by atoms with Crippen molar-refractivity contribution in [3.8, 4) is 12.1 Å². The van der Waals surface area contributed by atoms with Crippen LogP contribution < -0.4 is 16.0 Å². The number of carbonyl (C=O) groups excluding carboxylic acids is 2. The number of hydrogen-bond acceptors (Lipinski definition) is 9. The average molecular weight is 537 g/mol. The smallest absolute Gasteiger partial charge is 0.407 e. The van der Waals surface area contributed by atoms with E-state index < -0.39 is 28.5 Å². The molecule has 1 unspecified atom stereocenters. The number of amides is 2. The first-order valence-electron chi connectivity index (χ1n) is 12.2. The predicted octanol–water partition coefficient (Wildman–Crippen LogP) is 3.17. The Kier molecular flexibility index (Phi) is 8.87. The van der Waals surface area contributed by atoms with Crippen LogP contribution in [0, 0.1) is 22.7 Å². The van der Waals surface area contributed by atoms with Crippen molar-refractivity contribution >= 4 is 29.6 Å². The summed E-state index contributed by atoms with van der Waals surface area (Å²) in [6.07, 6.45) is 0.0661. The van der Waals surface area contributed by atoms with E-state index in [2.05, 4.69) is 22.4 Å². The zero-order valence-electron chi connectivity index (χ0n) is 21.9. The van der Waals surface area contributed by atoms with E-state index in [1.54, 1.807) is 49.9 Å². The Balaban J connectivity index is 1.95. The van der Waals surface area contributed by atoms with Gasteiger partial charge in [0.05, 0.1) is 17.7 Å². The van der Waals surface area contributed by atoms with Gasteiger partial charge in [-0.2, -0.15) is 10.5 Å². The molecule has 1 aliphatic rings. The number of carbonyl (C=O) groups is 2. The van der Waals surface area contributed by atoms with Crippen molar-refractivity contribution in [2.75, 3.05) is 24.5 Å². The highest BCUT2D eigenvalue weighted by molar-refractivity contribution is 8.00. The molecule has 10 nitrogen and oxygen atoms in total. The second kappa shape index (κ2) is 11.7. The van der Waals surface area contributed by atoms with Gasteiger partial charge in [-0.15, -0.1) is 0 Å². The van der Waals surface area contributed by atoms with E-state index in [1.807, 2.05) is 13.0 Å². The third-order valence-electron chi connectivity index (χ3n) is 6.01. The number of ether oxygens (including phenoxy) is 1. The van der Waals surface area contributed by atoms with Crippen molar-refractivity contribution in [2.45, 2.75) is 62.0 Å². The van der Waals surface area contributed by atoms with Gasteiger partial charge in [-0.05, 0) is 44.7 Å². The lowest BCUT2D eigenvalue weighted by molar-refractivity contribution is -0.117. The van der Waals surface area contributed by atoms with Gasteiger partial charge in [0.15, 0.2) is 0 Å². The van der Waals surface area contributed by atoms with Gasteiger partial charge in [0.25, 0.3) is 0 Å². The molecule has 0 saturated carbocycles. The average Bonchev–Trinajstić information content (AvgIpc) is 3.26. The molecule has 1 fully saturated rings. The number of hydrogen-bond donors (Lipinski definition) is 3. The quantitative estimate of drug-likeness (QED) is 0.430. The number of alkyl carbamates (subject to hydrolysis) is 1. The molecule has 0 spiro atoms. The molecule has 2 aromatic rings. The number of aliphatic hydroxyl groups is 1. The number of anilines is 1. The molecule has 0 aliphatic carbocycles. The second-order valence-electron chi connectivity index (χ2n) is 10.1. The molecule has 0 radical (unpaired) electrons. The van der Waals surface area contributed by atoms with Crippen LogP contribution in [0.5, 0.6) is 0 Å². The highest BCUT2D eigenvalue weighted by atomic mass is 32.2. The van der Waals surface area contributed by atoms with Crippen LogP contribution in [0.1, 0.15) is 61.6 Å². The molecule has 3 rings (SSSR count). The molecule has 4 N–H and O–H groups in total. The van der Waals surface area contributed by atoms with Crippen molar-refractivity contribution in [1.82, 2.24) is 10.3 Å². The van der Waals surface area contributed by atoms with E-state index in [4.69, 9.17) is 10.5 Å². The highest BCUT2D eigenvalue weighted by Gasteiger charge is 2.39. The summed E-state index contributed by atoms with van der Waals surface area (Å²) >= 11 is 1.06. The number of thioether (sulfide) groups is 1.